The SMILES string of the molecule is COc1ccc(/C=[N+]2\NC(=O)[C@H](NC(=O)c3ccc(Cl)cc3)[C@H]2c2ccc(C)cc2)cc1. The van der Waals surface area contributed by atoms with Crippen molar-refractivity contribution in [1.82, 2.24) is 10.7 Å². The van der Waals surface area contributed by atoms with Crippen LogP contribution in [-0.2, 0) is 4.79 Å². The molecule has 0 aliphatic carbocycles. The van der Waals surface area contributed by atoms with Gasteiger partial charge in [0.05, 0.1) is 7.11 Å². The minimum absolute atomic E-state index is 0.289. The highest BCUT2D eigenvalue weighted by Crippen LogP contribution is 2.26. The fourth-order valence-corrected chi connectivity index (χ4v) is 3.75. The van der Waals surface area contributed by atoms with Crippen LogP contribution < -0.4 is 15.5 Å². The number of hydrazine groups is 1. The first kappa shape index (κ1) is 21.6. The predicted molar refractivity (Wildman–Crippen MR) is 123 cm³/mol. The Morgan fingerprint density at radius 1 is 1.03 bits per heavy atom. The second kappa shape index (κ2) is 9.24. The number of hydrogen-bond acceptors (Lipinski definition) is 3. The van der Waals surface area contributed by atoms with E-state index in [2.05, 4.69) is 10.7 Å². The van der Waals surface area contributed by atoms with E-state index in [4.69, 9.17) is 16.3 Å². The van der Waals surface area contributed by atoms with Crippen LogP contribution in [0.15, 0.2) is 72.8 Å². The Bertz CT molecular complexity index is 1160. The van der Waals surface area contributed by atoms with E-state index >= 15 is 0 Å². The maximum Gasteiger partial charge on any atom is 0.304 e. The molecular weight excluding hydrogens is 426 g/mol. The second-order valence-corrected chi connectivity index (χ2v) is 8.04. The minimum Gasteiger partial charge on any atom is -0.497 e. The van der Waals surface area contributed by atoms with Gasteiger partial charge < -0.3 is 10.1 Å². The van der Waals surface area contributed by atoms with Crippen LogP contribution >= 0.6 is 11.6 Å². The zero-order valence-electron chi connectivity index (χ0n) is 17.7. The number of nitrogens with zero attached hydrogens (tertiary/aromatic N) is 1. The highest BCUT2D eigenvalue weighted by Gasteiger charge is 2.47. The number of amides is 2. The van der Waals surface area contributed by atoms with Gasteiger partial charge in [-0.1, -0.05) is 41.4 Å². The molecule has 3 aromatic carbocycles. The molecule has 2 N–H and O–H groups in total. The molecule has 1 heterocycles. The first-order valence-electron chi connectivity index (χ1n) is 10.2. The molecule has 1 fully saturated rings. The third-order valence-electron chi connectivity index (χ3n) is 5.35. The highest BCUT2D eigenvalue weighted by atomic mass is 35.5. The fourth-order valence-electron chi connectivity index (χ4n) is 3.62. The third-order valence-corrected chi connectivity index (χ3v) is 5.61. The molecule has 1 aliphatic heterocycles. The van der Waals surface area contributed by atoms with Crippen molar-refractivity contribution >= 4 is 29.6 Å². The average Bonchev–Trinajstić information content (AvgIpc) is 3.09. The van der Waals surface area contributed by atoms with E-state index in [-0.39, 0.29) is 11.8 Å². The van der Waals surface area contributed by atoms with E-state index in [1.165, 1.54) is 0 Å². The molecule has 4 rings (SSSR count). The number of carbonyl (C=O) groups excluding carboxylic acids is 2. The zero-order chi connectivity index (χ0) is 22.7. The molecule has 162 valence electrons. The van der Waals surface area contributed by atoms with Crippen LogP contribution in [0.5, 0.6) is 5.75 Å². The summed E-state index contributed by atoms with van der Waals surface area (Å²) in [6, 6.07) is 20.8. The Labute approximate surface area is 191 Å². The molecule has 2 amide bonds. The van der Waals surface area contributed by atoms with E-state index in [0.717, 1.165) is 22.4 Å². The van der Waals surface area contributed by atoms with E-state index in [1.54, 1.807) is 36.1 Å². The lowest BCUT2D eigenvalue weighted by Crippen LogP contribution is -2.42. The smallest absolute Gasteiger partial charge is 0.304 e. The van der Waals surface area contributed by atoms with E-state index in [9.17, 15) is 9.59 Å². The molecule has 0 spiro atoms. The lowest BCUT2D eigenvalue weighted by molar-refractivity contribution is -0.596. The lowest BCUT2D eigenvalue weighted by Gasteiger charge is -2.15. The maximum atomic E-state index is 12.9. The molecule has 1 aliphatic rings. The van der Waals surface area contributed by atoms with Crippen molar-refractivity contribution in [1.29, 1.82) is 0 Å². The van der Waals surface area contributed by atoms with Crippen molar-refractivity contribution in [3.8, 4) is 5.75 Å². The number of benzene rings is 3. The van der Waals surface area contributed by atoms with Gasteiger partial charge in [-0.25, -0.2) is 0 Å². The first-order valence-corrected chi connectivity index (χ1v) is 10.5. The molecule has 1 saturated heterocycles. The Balaban J connectivity index is 1.68. The highest BCUT2D eigenvalue weighted by molar-refractivity contribution is 6.30. The van der Waals surface area contributed by atoms with Gasteiger partial charge in [0.2, 0.25) is 12.3 Å². The number of ether oxygens (including phenoxy) is 1. The molecular formula is C25H23ClN3O3+. The van der Waals surface area contributed by atoms with Crippen LogP contribution in [0, 0.1) is 6.92 Å². The zero-order valence-corrected chi connectivity index (χ0v) is 18.5. The fraction of sp³-hybridized carbons (Fsp3) is 0.160. The summed E-state index contributed by atoms with van der Waals surface area (Å²) < 4.78 is 6.95. The number of aryl methyl sites for hydroxylation is 1. The summed E-state index contributed by atoms with van der Waals surface area (Å²) >= 11 is 5.93. The number of nitrogens with one attached hydrogen (secondary N) is 2. The van der Waals surface area contributed by atoms with Gasteiger partial charge >= 0.3 is 5.91 Å². The summed E-state index contributed by atoms with van der Waals surface area (Å²) in [5, 5.41) is 3.43. The molecule has 0 bridgehead atoms. The van der Waals surface area contributed by atoms with Gasteiger partial charge in [0.25, 0.3) is 5.91 Å². The van der Waals surface area contributed by atoms with Gasteiger partial charge in [-0.3, -0.25) is 9.59 Å². The van der Waals surface area contributed by atoms with E-state index < -0.39 is 12.1 Å². The Kier molecular flexibility index (Phi) is 6.23. The summed E-state index contributed by atoms with van der Waals surface area (Å²) in [4.78, 5) is 25.8. The number of hydrogen-bond donors (Lipinski definition) is 2. The molecule has 7 heteroatoms. The van der Waals surface area contributed by atoms with Crippen molar-refractivity contribution in [2.24, 2.45) is 0 Å². The van der Waals surface area contributed by atoms with Crippen LogP contribution in [0.3, 0.4) is 0 Å². The molecule has 0 radical (unpaired) electrons. The standard InChI is InChI=1S/C25H22ClN3O3/c1-16-3-7-18(8-4-16)23-22(27-24(30)19-9-11-20(26)12-10-19)25(31)28-29(23)15-17-5-13-21(32-2)14-6-17/h3-15,22-23H,1-2H3,(H-,27,28,30,31)/p+1/b29-15-/t22-,23-/m1/s1. The van der Waals surface area contributed by atoms with Gasteiger partial charge in [0, 0.05) is 21.7 Å². The molecule has 0 saturated carbocycles. The number of hydrazone groups is 1. The van der Waals surface area contributed by atoms with Crippen LogP contribution in [0.2, 0.25) is 5.02 Å². The lowest BCUT2D eigenvalue weighted by atomic mass is 9.98. The third kappa shape index (κ3) is 4.65. The molecule has 2 atom stereocenters. The monoisotopic (exact) mass is 448 g/mol. The Hall–Kier alpha value is -3.64. The number of methoxy groups -OCH3 is 1. The molecule has 6 nitrogen and oxygen atoms in total. The Morgan fingerprint density at radius 2 is 1.69 bits per heavy atom. The van der Waals surface area contributed by atoms with Crippen LogP contribution in [0.25, 0.3) is 0 Å². The normalized spacial score (nSPS) is 19.0. The number of halogens is 1. The molecule has 0 unspecified atom stereocenters. The van der Waals surface area contributed by atoms with Crippen molar-refractivity contribution in [2.75, 3.05) is 7.11 Å². The largest absolute Gasteiger partial charge is 0.497 e. The summed E-state index contributed by atoms with van der Waals surface area (Å²) in [6.07, 6.45) is 1.84. The number of rotatable bonds is 5. The maximum absolute atomic E-state index is 12.9. The quantitative estimate of drug-likeness (QED) is 0.585. The average molecular weight is 449 g/mol. The van der Waals surface area contributed by atoms with Gasteiger partial charge in [-0.15, -0.1) is 10.1 Å². The molecule has 3 aromatic rings. The van der Waals surface area contributed by atoms with Crippen molar-refractivity contribution in [2.45, 2.75) is 19.0 Å². The number of carbonyl (C=O) groups is 2. The summed E-state index contributed by atoms with van der Waals surface area (Å²) in [6.45, 7) is 2.00. The second-order valence-electron chi connectivity index (χ2n) is 7.60. The van der Waals surface area contributed by atoms with Crippen molar-refractivity contribution in [3.63, 3.8) is 0 Å². The summed E-state index contributed by atoms with van der Waals surface area (Å²) in [5.41, 5.74) is 6.21. The van der Waals surface area contributed by atoms with Crippen LogP contribution in [-0.4, -0.2) is 35.9 Å². The van der Waals surface area contributed by atoms with Crippen LogP contribution in [0.1, 0.15) is 33.1 Å². The summed E-state index contributed by atoms with van der Waals surface area (Å²) in [5.74, 6) is 0.115. The Morgan fingerprint density at radius 3 is 2.31 bits per heavy atom. The van der Waals surface area contributed by atoms with Gasteiger partial charge in [-0.05, 0) is 55.5 Å². The summed E-state index contributed by atoms with van der Waals surface area (Å²) in [7, 11) is 1.61. The predicted octanol–water partition coefficient (Wildman–Crippen LogP) is 3.67. The van der Waals surface area contributed by atoms with Crippen molar-refractivity contribution < 1.29 is 19.0 Å². The van der Waals surface area contributed by atoms with Gasteiger partial charge in [0.15, 0.2) is 6.04 Å². The first-order chi connectivity index (χ1) is 15.4. The molecule has 32 heavy (non-hydrogen) atoms. The molecule has 0 aromatic heterocycles. The van der Waals surface area contributed by atoms with Gasteiger partial charge in [0.1, 0.15) is 5.75 Å². The van der Waals surface area contributed by atoms with E-state index in [0.29, 0.717) is 10.6 Å². The van der Waals surface area contributed by atoms with Crippen molar-refractivity contribution in [3.05, 3.63) is 100 Å². The van der Waals surface area contributed by atoms with Crippen LogP contribution in [0.4, 0.5) is 0 Å². The van der Waals surface area contributed by atoms with Gasteiger partial charge in [-0.2, -0.15) is 0 Å². The minimum atomic E-state index is -0.782. The topological polar surface area (TPSA) is 70.4 Å². The van der Waals surface area contributed by atoms with E-state index in [1.807, 2.05) is 61.7 Å².